The van der Waals surface area contributed by atoms with Gasteiger partial charge in [0.15, 0.2) is 17.2 Å². The maximum atomic E-state index is 12.7. The van der Waals surface area contributed by atoms with Gasteiger partial charge in [-0.15, -0.1) is 0 Å². The lowest BCUT2D eigenvalue weighted by Crippen LogP contribution is -2.26. The van der Waals surface area contributed by atoms with Crippen LogP contribution in [0.1, 0.15) is 22.8 Å². The Morgan fingerprint density at radius 3 is 2.32 bits per heavy atom. The summed E-state index contributed by atoms with van der Waals surface area (Å²) in [5.41, 5.74) is 0.965. The second-order valence-corrected chi connectivity index (χ2v) is 6.54. The second-order valence-electron chi connectivity index (χ2n) is 5.73. The Labute approximate surface area is 171 Å². The fourth-order valence-corrected chi connectivity index (χ4v) is 3.20. The molecule has 0 saturated heterocycles. The molecule has 0 spiro atoms. The van der Waals surface area contributed by atoms with E-state index in [9.17, 15) is 13.6 Å². The molecule has 2 aromatic rings. The average molecular weight is 434 g/mol. The van der Waals surface area contributed by atoms with Crippen molar-refractivity contribution in [2.75, 3.05) is 20.8 Å². The van der Waals surface area contributed by atoms with E-state index in [0.717, 1.165) is 0 Å². The lowest BCUT2D eigenvalue weighted by molar-refractivity contribution is -0.0514. The molecule has 9 heteroatoms. The van der Waals surface area contributed by atoms with Gasteiger partial charge in [0, 0.05) is 19.2 Å². The number of carbonyl (C=O) groups is 1. The third-order valence-corrected chi connectivity index (χ3v) is 4.30. The summed E-state index contributed by atoms with van der Waals surface area (Å²) in [6, 6.07) is 7.45. The van der Waals surface area contributed by atoms with Crippen LogP contribution >= 0.6 is 23.2 Å². The largest absolute Gasteiger partial charge is 0.494 e. The fraction of sp³-hybridized carbons (Fsp3) is 0.316. The van der Waals surface area contributed by atoms with Crippen LogP contribution in [0.2, 0.25) is 10.0 Å². The third-order valence-electron chi connectivity index (χ3n) is 3.74. The highest BCUT2D eigenvalue weighted by Crippen LogP contribution is 2.34. The summed E-state index contributed by atoms with van der Waals surface area (Å²) in [5.74, 6) is 0.0795. The van der Waals surface area contributed by atoms with Crippen molar-refractivity contribution in [2.45, 2.75) is 20.1 Å². The van der Waals surface area contributed by atoms with E-state index in [0.29, 0.717) is 16.9 Å². The molecule has 0 aliphatic heterocycles. The maximum absolute atomic E-state index is 12.7. The van der Waals surface area contributed by atoms with Crippen molar-refractivity contribution < 1.29 is 27.8 Å². The van der Waals surface area contributed by atoms with E-state index in [1.54, 1.807) is 26.1 Å². The molecule has 0 atom stereocenters. The van der Waals surface area contributed by atoms with E-state index in [4.69, 9.17) is 32.7 Å². The van der Waals surface area contributed by atoms with E-state index in [-0.39, 0.29) is 40.6 Å². The number of rotatable bonds is 8. The standard InChI is InChI=1S/C19H19Cl2F2NO4/c1-4-27-16-7-11(5-6-15(16)28-19(22)23)10-24(2)18(25)12-8-13(20)17(26-3)14(21)9-12/h5-9,19H,4,10H2,1-3H3. The summed E-state index contributed by atoms with van der Waals surface area (Å²) in [4.78, 5) is 14.1. The van der Waals surface area contributed by atoms with Crippen LogP contribution < -0.4 is 14.2 Å². The summed E-state index contributed by atoms with van der Waals surface area (Å²) in [6.45, 7) is -0.750. The number of hydrogen-bond donors (Lipinski definition) is 0. The molecule has 0 bridgehead atoms. The van der Waals surface area contributed by atoms with Gasteiger partial charge < -0.3 is 19.1 Å². The molecular formula is C19H19Cl2F2NO4. The van der Waals surface area contributed by atoms with E-state index in [1.807, 2.05) is 0 Å². The van der Waals surface area contributed by atoms with Crippen LogP contribution in [0, 0.1) is 0 Å². The number of halogens is 4. The van der Waals surface area contributed by atoms with E-state index >= 15 is 0 Å². The van der Waals surface area contributed by atoms with Crippen molar-refractivity contribution in [3.8, 4) is 17.2 Å². The van der Waals surface area contributed by atoms with Crippen LogP contribution in [0.3, 0.4) is 0 Å². The molecule has 152 valence electrons. The monoisotopic (exact) mass is 433 g/mol. The molecule has 0 saturated carbocycles. The first kappa shape index (κ1) is 22.0. The Balaban J connectivity index is 2.20. The Morgan fingerprint density at radius 1 is 1.14 bits per heavy atom. The maximum Gasteiger partial charge on any atom is 0.387 e. The Kier molecular flexibility index (Phi) is 7.71. The summed E-state index contributed by atoms with van der Waals surface area (Å²) in [6.07, 6.45) is 0. The van der Waals surface area contributed by atoms with Gasteiger partial charge >= 0.3 is 6.61 Å². The van der Waals surface area contributed by atoms with Gasteiger partial charge in [0.2, 0.25) is 0 Å². The molecule has 0 unspecified atom stereocenters. The zero-order valence-corrected chi connectivity index (χ0v) is 17.0. The lowest BCUT2D eigenvalue weighted by Gasteiger charge is -2.19. The van der Waals surface area contributed by atoms with Gasteiger partial charge in [-0.2, -0.15) is 8.78 Å². The van der Waals surface area contributed by atoms with Crippen molar-refractivity contribution in [1.82, 2.24) is 4.90 Å². The van der Waals surface area contributed by atoms with Crippen molar-refractivity contribution in [1.29, 1.82) is 0 Å². The van der Waals surface area contributed by atoms with Gasteiger partial charge in [-0.25, -0.2) is 0 Å². The van der Waals surface area contributed by atoms with Gasteiger partial charge in [-0.05, 0) is 36.8 Å². The fourth-order valence-electron chi connectivity index (χ4n) is 2.56. The Morgan fingerprint density at radius 2 is 1.79 bits per heavy atom. The Bertz CT molecular complexity index is 826. The van der Waals surface area contributed by atoms with Crippen LogP contribution in [0.5, 0.6) is 17.2 Å². The Hall–Kier alpha value is -2.25. The van der Waals surface area contributed by atoms with Crippen molar-refractivity contribution in [2.24, 2.45) is 0 Å². The first-order valence-corrected chi connectivity index (χ1v) is 9.01. The first-order valence-electron chi connectivity index (χ1n) is 8.25. The number of methoxy groups -OCH3 is 1. The van der Waals surface area contributed by atoms with Crippen molar-refractivity contribution >= 4 is 29.1 Å². The molecule has 0 radical (unpaired) electrons. The van der Waals surface area contributed by atoms with Crippen molar-refractivity contribution in [3.63, 3.8) is 0 Å². The van der Waals surface area contributed by atoms with Gasteiger partial charge in [0.25, 0.3) is 5.91 Å². The summed E-state index contributed by atoms with van der Waals surface area (Å²) < 4.78 is 39.9. The number of amides is 1. The highest BCUT2D eigenvalue weighted by Gasteiger charge is 2.18. The van der Waals surface area contributed by atoms with Gasteiger partial charge in [0.1, 0.15) is 0 Å². The van der Waals surface area contributed by atoms with Crippen LogP contribution in [0.4, 0.5) is 8.78 Å². The first-order chi connectivity index (χ1) is 13.3. The van der Waals surface area contributed by atoms with Crippen molar-refractivity contribution in [3.05, 3.63) is 51.5 Å². The van der Waals surface area contributed by atoms with E-state index in [2.05, 4.69) is 4.74 Å². The highest BCUT2D eigenvalue weighted by molar-refractivity contribution is 6.37. The molecule has 0 aliphatic carbocycles. The van der Waals surface area contributed by atoms with E-state index in [1.165, 1.54) is 30.2 Å². The number of ether oxygens (including phenoxy) is 3. The number of nitrogens with zero attached hydrogens (tertiary/aromatic N) is 1. The SMILES string of the molecule is CCOc1cc(CN(C)C(=O)c2cc(Cl)c(OC)c(Cl)c2)ccc1OC(F)F. The number of hydrogen-bond acceptors (Lipinski definition) is 4. The summed E-state index contributed by atoms with van der Waals surface area (Å²) in [5, 5.41) is 0.442. The molecule has 5 nitrogen and oxygen atoms in total. The minimum absolute atomic E-state index is 0.0664. The minimum atomic E-state index is -2.96. The zero-order valence-electron chi connectivity index (χ0n) is 15.5. The summed E-state index contributed by atoms with van der Waals surface area (Å²) in [7, 11) is 3.02. The molecule has 1 amide bonds. The molecule has 2 rings (SSSR count). The van der Waals surface area contributed by atoms with Gasteiger partial charge in [-0.3, -0.25) is 4.79 Å². The quantitative estimate of drug-likeness (QED) is 0.568. The molecule has 0 aromatic heterocycles. The number of carbonyl (C=O) groups excluding carboxylic acids is 1. The zero-order chi connectivity index (χ0) is 20.8. The normalized spacial score (nSPS) is 10.7. The molecule has 28 heavy (non-hydrogen) atoms. The predicted molar refractivity (Wildman–Crippen MR) is 103 cm³/mol. The molecule has 2 aromatic carbocycles. The van der Waals surface area contributed by atoms with Crippen LogP contribution in [-0.4, -0.2) is 38.2 Å². The van der Waals surface area contributed by atoms with E-state index < -0.39 is 6.61 Å². The molecule has 0 fully saturated rings. The topological polar surface area (TPSA) is 48.0 Å². The third kappa shape index (κ3) is 5.39. The van der Waals surface area contributed by atoms with Crippen LogP contribution in [0.15, 0.2) is 30.3 Å². The van der Waals surface area contributed by atoms with Gasteiger partial charge in [0.05, 0.1) is 23.8 Å². The average Bonchev–Trinajstić information content (AvgIpc) is 2.62. The highest BCUT2D eigenvalue weighted by atomic mass is 35.5. The number of alkyl halides is 2. The van der Waals surface area contributed by atoms with Crippen LogP contribution in [-0.2, 0) is 6.54 Å². The molecule has 0 heterocycles. The summed E-state index contributed by atoms with van der Waals surface area (Å²) >= 11 is 12.2. The smallest absolute Gasteiger partial charge is 0.387 e. The molecule has 0 aliphatic rings. The molecular weight excluding hydrogens is 415 g/mol. The van der Waals surface area contributed by atoms with Crippen LogP contribution in [0.25, 0.3) is 0 Å². The molecule has 0 N–H and O–H groups in total. The minimum Gasteiger partial charge on any atom is -0.494 e. The van der Waals surface area contributed by atoms with Gasteiger partial charge in [-0.1, -0.05) is 29.3 Å². The predicted octanol–water partition coefficient (Wildman–Crippen LogP) is 5.27. The second kappa shape index (κ2) is 9.80. The number of benzene rings is 2. The lowest BCUT2D eigenvalue weighted by atomic mass is 10.1.